The first-order chi connectivity index (χ1) is 13.3. The van der Waals surface area contributed by atoms with Crippen LogP contribution in [0.4, 0.5) is 0 Å². The van der Waals surface area contributed by atoms with Crippen molar-refractivity contribution >= 4 is 29.9 Å². The van der Waals surface area contributed by atoms with Gasteiger partial charge in [0.25, 0.3) is 0 Å². The molecule has 1 atom stereocenters. The lowest BCUT2D eigenvalue weighted by Gasteiger charge is -2.24. The van der Waals surface area contributed by atoms with Crippen molar-refractivity contribution in [1.29, 1.82) is 0 Å². The summed E-state index contributed by atoms with van der Waals surface area (Å²) in [5, 5.41) is 16.3. The van der Waals surface area contributed by atoms with Gasteiger partial charge in [-0.1, -0.05) is 12.1 Å². The van der Waals surface area contributed by atoms with Gasteiger partial charge in [0.15, 0.2) is 5.96 Å². The van der Waals surface area contributed by atoms with Gasteiger partial charge in [0.1, 0.15) is 11.5 Å². The van der Waals surface area contributed by atoms with Gasteiger partial charge < -0.3 is 20.2 Å². The predicted octanol–water partition coefficient (Wildman–Crippen LogP) is 3.54. The molecule has 6 nitrogen and oxygen atoms in total. The second-order valence-corrected chi connectivity index (χ2v) is 6.84. The van der Waals surface area contributed by atoms with E-state index in [1.165, 1.54) is 12.8 Å². The summed E-state index contributed by atoms with van der Waals surface area (Å²) in [5.41, 5.74) is 1.10. The summed E-state index contributed by atoms with van der Waals surface area (Å²) in [6.45, 7) is 6.49. The maximum absolute atomic E-state index is 9.58. The van der Waals surface area contributed by atoms with Gasteiger partial charge in [0.2, 0.25) is 0 Å². The molecule has 1 aliphatic rings. The van der Waals surface area contributed by atoms with Crippen LogP contribution in [0.5, 0.6) is 5.75 Å². The van der Waals surface area contributed by atoms with Crippen molar-refractivity contribution < 1.29 is 9.52 Å². The molecule has 1 saturated heterocycles. The van der Waals surface area contributed by atoms with Crippen LogP contribution in [0.15, 0.2) is 52.1 Å². The fourth-order valence-electron chi connectivity index (χ4n) is 3.48. The Bertz CT molecular complexity index is 715. The fourth-order valence-corrected chi connectivity index (χ4v) is 3.48. The molecule has 0 radical (unpaired) electrons. The van der Waals surface area contributed by atoms with Crippen LogP contribution in [-0.2, 0) is 6.42 Å². The summed E-state index contributed by atoms with van der Waals surface area (Å²) in [5.74, 6) is 2.10. The van der Waals surface area contributed by atoms with E-state index in [2.05, 4.69) is 22.5 Å². The molecule has 3 rings (SSSR count). The third-order valence-corrected chi connectivity index (χ3v) is 4.84. The second-order valence-electron chi connectivity index (χ2n) is 6.84. The molecule has 0 bridgehead atoms. The van der Waals surface area contributed by atoms with Crippen LogP contribution in [-0.4, -0.2) is 48.7 Å². The van der Waals surface area contributed by atoms with Crippen LogP contribution in [0, 0.1) is 0 Å². The van der Waals surface area contributed by atoms with Gasteiger partial charge in [-0.2, -0.15) is 0 Å². The number of benzene rings is 1. The van der Waals surface area contributed by atoms with Crippen LogP contribution in [0.1, 0.15) is 37.1 Å². The highest BCUT2D eigenvalue weighted by molar-refractivity contribution is 14.0. The maximum Gasteiger partial charge on any atom is 0.191 e. The van der Waals surface area contributed by atoms with Gasteiger partial charge in [-0.25, -0.2) is 0 Å². The monoisotopic (exact) mass is 498 g/mol. The van der Waals surface area contributed by atoms with E-state index in [0.29, 0.717) is 12.3 Å². The number of hydrogen-bond donors (Lipinski definition) is 3. The number of hydrogen-bond acceptors (Lipinski definition) is 4. The molecule has 1 aliphatic heterocycles. The molecular weight excluding hydrogens is 467 g/mol. The van der Waals surface area contributed by atoms with Crippen molar-refractivity contribution in [3.8, 4) is 5.75 Å². The van der Waals surface area contributed by atoms with Gasteiger partial charge in [-0.05, 0) is 69.1 Å². The molecule has 7 heteroatoms. The summed E-state index contributed by atoms with van der Waals surface area (Å²) < 4.78 is 5.68. The lowest BCUT2D eigenvalue weighted by Crippen LogP contribution is -2.39. The van der Waals surface area contributed by atoms with Crippen LogP contribution >= 0.6 is 24.0 Å². The van der Waals surface area contributed by atoms with E-state index in [-0.39, 0.29) is 30.0 Å². The van der Waals surface area contributed by atoms with Crippen LogP contribution in [0.2, 0.25) is 0 Å². The Labute approximate surface area is 184 Å². The van der Waals surface area contributed by atoms with Gasteiger partial charge >= 0.3 is 0 Å². The van der Waals surface area contributed by atoms with E-state index < -0.39 is 0 Å². The molecule has 2 aromatic rings. The summed E-state index contributed by atoms with van der Waals surface area (Å²) in [6, 6.07) is 11.5. The highest BCUT2D eigenvalue weighted by atomic mass is 127. The molecule has 1 aromatic heterocycles. The number of nitrogens with zero attached hydrogens (tertiary/aromatic N) is 2. The van der Waals surface area contributed by atoms with E-state index in [9.17, 15) is 5.11 Å². The topological polar surface area (TPSA) is 73.0 Å². The minimum absolute atomic E-state index is 0. The molecule has 3 N–H and O–H groups in total. The first-order valence-electron chi connectivity index (χ1n) is 9.84. The van der Waals surface area contributed by atoms with E-state index in [0.717, 1.165) is 49.9 Å². The molecule has 0 aliphatic carbocycles. The quantitative estimate of drug-likeness (QED) is 0.295. The fraction of sp³-hybridized carbons (Fsp3) is 0.476. The number of nitrogens with one attached hydrogen (secondary N) is 2. The van der Waals surface area contributed by atoms with Crippen LogP contribution < -0.4 is 10.6 Å². The third kappa shape index (κ3) is 6.70. The number of aliphatic imine (C=N–C) groups is 1. The summed E-state index contributed by atoms with van der Waals surface area (Å²) in [4.78, 5) is 7.26. The zero-order valence-corrected chi connectivity index (χ0v) is 18.8. The second kappa shape index (κ2) is 12.0. The Morgan fingerprint density at radius 3 is 2.71 bits per heavy atom. The molecule has 0 spiro atoms. The van der Waals surface area contributed by atoms with Gasteiger partial charge in [0.05, 0.1) is 18.8 Å². The lowest BCUT2D eigenvalue weighted by atomic mass is 10.1. The number of rotatable bonds is 8. The summed E-state index contributed by atoms with van der Waals surface area (Å²) >= 11 is 0. The Morgan fingerprint density at radius 1 is 1.21 bits per heavy atom. The molecule has 1 unspecified atom stereocenters. The molecule has 0 saturated carbocycles. The number of halogens is 1. The summed E-state index contributed by atoms with van der Waals surface area (Å²) in [7, 11) is 0. The number of likely N-dealkylation sites (tertiary alicyclic amines) is 1. The van der Waals surface area contributed by atoms with Crippen molar-refractivity contribution in [2.24, 2.45) is 4.99 Å². The van der Waals surface area contributed by atoms with E-state index in [4.69, 9.17) is 9.41 Å². The van der Waals surface area contributed by atoms with Crippen molar-refractivity contribution in [2.75, 3.05) is 32.7 Å². The third-order valence-electron chi connectivity index (χ3n) is 4.84. The lowest BCUT2D eigenvalue weighted by molar-refractivity contribution is 0.221. The van der Waals surface area contributed by atoms with Gasteiger partial charge in [-0.15, -0.1) is 24.0 Å². The highest BCUT2D eigenvalue weighted by Crippen LogP contribution is 2.25. The molecule has 0 amide bonds. The largest absolute Gasteiger partial charge is 0.508 e. The minimum atomic E-state index is 0. The normalized spacial score (nSPS) is 15.8. The molecule has 1 aromatic carbocycles. The van der Waals surface area contributed by atoms with Crippen molar-refractivity contribution in [2.45, 2.75) is 32.2 Å². The van der Waals surface area contributed by atoms with E-state index >= 15 is 0 Å². The number of phenolic OH excluding ortho intramolecular Hbond substituents is 1. The van der Waals surface area contributed by atoms with Gasteiger partial charge in [0, 0.05) is 13.1 Å². The van der Waals surface area contributed by atoms with E-state index in [1.54, 1.807) is 18.4 Å². The van der Waals surface area contributed by atoms with Crippen molar-refractivity contribution in [3.05, 3.63) is 54.0 Å². The first kappa shape index (κ1) is 22.5. The van der Waals surface area contributed by atoms with Crippen LogP contribution in [0.25, 0.3) is 0 Å². The SMILES string of the molecule is CCNC(=NCC(c1ccco1)N1CCCC1)NCCc1cccc(O)c1.I. The average Bonchev–Trinajstić information content (AvgIpc) is 3.36. The number of aromatic hydroxyl groups is 1. The minimum Gasteiger partial charge on any atom is -0.508 e. The number of guanidine groups is 1. The van der Waals surface area contributed by atoms with Crippen molar-refractivity contribution in [1.82, 2.24) is 15.5 Å². The molecule has 1 fully saturated rings. The molecule has 154 valence electrons. The highest BCUT2D eigenvalue weighted by Gasteiger charge is 2.25. The Kier molecular flexibility index (Phi) is 9.63. The van der Waals surface area contributed by atoms with Crippen LogP contribution in [0.3, 0.4) is 0 Å². The van der Waals surface area contributed by atoms with Crippen molar-refractivity contribution in [3.63, 3.8) is 0 Å². The van der Waals surface area contributed by atoms with Gasteiger partial charge in [-0.3, -0.25) is 9.89 Å². The predicted molar refractivity (Wildman–Crippen MR) is 123 cm³/mol. The Morgan fingerprint density at radius 2 is 2.04 bits per heavy atom. The Hall–Kier alpha value is -1.74. The van der Waals surface area contributed by atoms with E-state index in [1.807, 2.05) is 24.3 Å². The molecule has 28 heavy (non-hydrogen) atoms. The smallest absolute Gasteiger partial charge is 0.191 e. The zero-order valence-electron chi connectivity index (χ0n) is 16.4. The molecule has 2 heterocycles. The maximum atomic E-state index is 9.58. The first-order valence-corrected chi connectivity index (χ1v) is 9.84. The summed E-state index contributed by atoms with van der Waals surface area (Å²) in [6.07, 6.45) is 5.04. The Balaban J connectivity index is 0.00000280. The molecular formula is C21H31IN4O2. The number of phenols is 1. The standard InChI is InChI=1S/C21H30N4O2.HI/c1-2-22-21(23-11-10-17-7-5-8-18(26)15-17)24-16-19(20-9-6-14-27-20)25-12-3-4-13-25;/h5-9,14-15,19,26H,2-4,10-13,16H2,1H3,(H2,22,23,24);1H. The average molecular weight is 498 g/mol. The number of furan rings is 1. The zero-order chi connectivity index (χ0) is 18.9.